The predicted octanol–water partition coefficient (Wildman–Crippen LogP) is -0.0156. The van der Waals surface area contributed by atoms with E-state index in [-0.39, 0.29) is 12.1 Å². The van der Waals surface area contributed by atoms with Crippen LogP contribution in [0.5, 0.6) is 0 Å². The molecule has 0 spiro atoms. The molecule has 96 valence electrons. The Morgan fingerprint density at radius 1 is 1.44 bits per heavy atom. The molecule has 1 aliphatic rings. The van der Waals surface area contributed by atoms with Crippen molar-refractivity contribution in [3.63, 3.8) is 0 Å². The van der Waals surface area contributed by atoms with E-state index in [4.69, 9.17) is 0 Å². The first kappa shape index (κ1) is 13.9. The molecule has 0 aromatic rings. The zero-order valence-corrected chi connectivity index (χ0v) is 11.0. The molecule has 16 heavy (non-hydrogen) atoms. The molecule has 1 saturated heterocycles. The van der Waals surface area contributed by atoms with Crippen molar-refractivity contribution in [2.24, 2.45) is 0 Å². The van der Waals surface area contributed by atoms with Crippen LogP contribution < -0.4 is 5.32 Å². The molecule has 1 rings (SSSR count). The predicted molar refractivity (Wildman–Crippen MR) is 67.7 cm³/mol. The Hall–Kier alpha value is -0.160. The molecule has 0 bridgehead atoms. The molecule has 0 saturated carbocycles. The third kappa shape index (κ3) is 4.01. The Morgan fingerprint density at radius 3 is 2.75 bits per heavy atom. The van der Waals surface area contributed by atoms with E-state index in [9.17, 15) is 5.11 Å². The summed E-state index contributed by atoms with van der Waals surface area (Å²) in [6.07, 6.45) is 3.48. The van der Waals surface area contributed by atoms with Crippen molar-refractivity contribution in [1.82, 2.24) is 15.1 Å². The van der Waals surface area contributed by atoms with Crippen LogP contribution in [-0.2, 0) is 0 Å². The van der Waals surface area contributed by atoms with Gasteiger partial charge in [0.05, 0.1) is 12.1 Å². The summed E-state index contributed by atoms with van der Waals surface area (Å²) in [4.78, 5) is 4.70. The fraction of sp³-hybridized carbons (Fsp3) is 1.00. The van der Waals surface area contributed by atoms with Gasteiger partial charge >= 0.3 is 0 Å². The normalized spacial score (nSPS) is 27.6. The molecule has 0 aromatic heterocycles. The largest absolute Gasteiger partial charge is 0.394 e. The van der Waals surface area contributed by atoms with Crippen LogP contribution in [0.2, 0.25) is 0 Å². The molecule has 2 N–H and O–H groups in total. The highest BCUT2D eigenvalue weighted by Crippen LogP contribution is 2.20. The fourth-order valence-corrected chi connectivity index (χ4v) is 2.44. The quantitative estimate of drug-likeness (QED) is 0.672. The molecular formula is C12H27N3O. The van der Waals surface area contributed by atoms with E-state index in [2.05, 4.69) is 29.2 Å². The first-order valence-corrected chi connectivity index (χ1v) is 6.29. The van der Waals surface area contributed by atoms with Gasteiger partial charge in [-0.25, -0.2) is 0 Å². The number of nitrogens with zero attached hydrogens (tertiary/aromatic N) is 2. The second-order valence-electron chi connectivity index (χ2n) is 5.22. The molecule has 0 radical (unpaired) electrons. The summed E-state index contributed by atoms with van der Waals surface area (Å²) < 4.78 is 0. The zero-order chi connectivity index (χ0) is 12.0. The first-order chi connectivity index (χ1) is 7.62. The van der Waals surface area contributed by atoms with Crippen LogP contribution in [0.25, 0.3) is 0 Å². The van der Waals surface area contributed by atoms with Gasteiger partial charge in [-0.05, 0) is 60.0 Å². The number of likely N-dealkylation sites (tertiary alicyclic amines) is 1. The zero-order valence-electron chi connectivity index (χ0n) is 11.0. The Bertz CT molecular complexity index is 193. The van der Waals surface area contributed by atoms with E-state index < -0.39 is 0 Å². The van der Waals surface area contributed by atoms with E-state index in [1.807, 2.05) is 7.05 Å². The van der Waals surface area contributed by atoms with Crippen molar-refractivity contribution in [3.05, 3.63) is 0 Å². The lowest BCUT2D eigenvalue weighted by Crippen LogP contribution is -2.58. The van der Waals surface area contributed by atoms with E-state index >= 15 is 0 Å². The van der Waals surface area contributed by atoms with Gasteiger partial charge < -0.3 is 20.2 Å². The van der Waals surface area contributed by atoms with Gasteiger partial charge in [-0.2, -0.15) is 0 Å². The molecule has 1 heterocycles. The van der Waals surface area contributed by atoms with E-state index in [0.29, 0.717) is 0 Å². The van der Waals surface area contributed by atoms with Gasteiger partial charge in [0.1, 0.15) is 0 Å². The maximum Gasteiger partial charge on any atom is 0.0625 e. The monoisotopic (exact) mass is 229 g/mol. The van der Waals surface area contributed by atoms with Crippen LogP contribution in [0.3, 0.4) is 0 Å². The topological polar surface area (TPSA) is 38.7 Å². The third-order valence-corrected chi connectivity index (χ3v) is 3.57. The van der Waals surface area contributed by atoms with Gasteiger partial charge in [-0.15, -0.1) is 0 Å². The van der Waals surface area contributed by atoms with Crippen molar-refractivity contribution in [2.75, 3.05) is 53.9 Å². The molecule has 1 fully saturated rings. The number of hydrogen-bond acceptors (Lipinski definition) is 4. The summed E-state index contributed by atoms with van der Waals surface area (Å²) in [5, 5.41) is 12.8. The van der Waals surface area contributed by atoms with Crippen LogP contribution in [0.4, 0.5) is 0 Å². The molecule has 4 heteroatoms. The van der Waals surface area contributed by atoms with Gasteiger partial charge in [0, 0.05) is 6.54 Å². The average molecular weight is 229 g/mol. The molecule has 4 nitrogen and oxygen atoms in total. The molecule has 1 atom stereocenters. The Kier molecular flexibility index (Phi) is 5.69. The second-order valence-corrected chi connectivity index (χ2v) is 5.22. The number of likely N-dealkylation sites (N-methyl/N-ethyl adjacent to an activating group) is 1. The lowest BCUT2D eigenvalue weighted by atomic mass is 9.90. The highest BCUT2D eigenvalue weighted by atomic mass is 16.3. The summed E-state index contributed by atoms with van der Waals surface area (Å²) in [7, 11) is 6.18. The molecule has 0 amide bonds. The van der Waals surface area contributed by atoms with Crippen LogP contribution >= 0.6 is 0 Å². The number of rotatable bonds is 6. The van der Waals surface area contributed by atoms with Gasteiger partial charge in [-0.1, -0.05) is 0 Å². The minimum absolute atomic E-state index is 0.0592. The number of aliphatic hydroxyl groups excluding tert-OH is 1. The number of piperidine rings is 1. The molecular weight excluding hydrogens is 202 g/mol. The van der Waals surface area contributed by atoms with Crippen LogP contribution in [0.15, 0.2) is 0 Å². The van der Waals surface area contributed by atoms with E-state index in [1.54, 1.807) is 0 Å². The highest BCUT2D eigenvalue weighted by molar-refractivity contribution is 4.93. The molecule has 0 aromatic carbocycles. The summed E-state index contributed by atoms with van der Waals surface area (Å²) >= 11 is 0. The summed E-state index contributed by atoms with van der Waals surface area (Å²) in [5.74, 6) is 0. The SMILES string of the molecule is CNC1(CO)CCCN(CCCN(C)C)C1. The lowest BCUT2D eigenvalue weighted by molar-refractivity contribution is 0.0713. The smallest absolute Gasteiger partial charge is 0.0625 e. The van der Waals surface area contributed by atoms with Crippen molar-refractivity contribution in [3.8, 4) is 0 Å². The van der Waals surface area contributed by atoms with Crippen molar-refractivity contribution in [1.29, 1.82) is 0 Å². The number of nitrogens with one attached hydrogen (secondary N) is 1. The highest BCUT2D eigenvalue weighted by Gasteiger charge is 2.32. The van der Waals surface area contributed by atoms with Crippen molar-refractivity contribution < 1.29 is 5.11 Å². The van der Waals surface area contributed by atoms with Gasteiger partial charge in [-0.3, -0.25) is 0 Å². The summed E-state index contributed by atoms with van der Waals surface area (Å²) in [6.45, 7) is 4.68. The first-order valence-electron chi connectivity index (χ1n) is 6.29. The van der Waals surface area contributed by atoms with E-state index in [1.165, 1.54) is 19.4 Å². The molecule has 1 aliphatic heterocycles. The minimum Gasteiger partial charge on any atom is -0.394 e. The Labute approximate surface area is 99.6 Å². The minimum atomic E-state index is -0.0592. The maximum absolute atomic E-state index is 9.48. The Morgan fingerprint density at radius 2 is 2.19 bits per heavy atom. The van der Waals surface area contributed by atoms with Gasteiger partial charge in [0.2, 0.25) is 0 Å². The maximum atomic E-state index is 9.48. The summed E-state index contributed by atoms with van der Waals surface area (Å²) in [6, 6.07) is 0. The summed E-state index contributed by atoms with van der Waals surface area (Å²) in [5.41, 5.74) is -0.0592. The number of aliphatic hydroxyl groups is 1. The lowest BCUT2D eigenvalue weighted by Gasteiger charge is -2.41. The number of hydrogen-bond donors (Lipinski definition) is 2. The van der Waals surface area contributed by atoms with E-state index in [0.717, 1.165) is 26.1 Å². The standard InChI is InChI=1S/C12H27N3O/c1-13-12(11-16)6-4-8-15(10-12)9-5-7-14(2)3/h13,16H,4-11H2,1-3H3. The molecule has 1 unspecified atom stereocenters. The average Bonchev–Trinajstić information content (AvgIpc) is 2.29. The van der Waals surface area contributed by atoms with Crippen LogP contribution in [-0.4, -0.2) is 74.4 Å². The van der Waals surface area contributed by atoms with Crippen molar-refractivity contribution in [2.45, 2.75) is 24.8 Å². The van der Waals surface area contributed by atoms with Crippen LogP contribution in [0, 0.1) is 0 Å². The fourth-order valence-electron chi connectivity index (χ4n) is 2.44. The second kappa shape index (κ2) is 6.55. The van der Waals surface area contributed by atoms with Gasteiger partial charge in [0.25, 0.3) is 0 Å². The molecule has 0 aliphatic carbocycles. The third-order valence-electron chi connectivity index (χ3n) is 3.57. The van der Waals surface area contributed by atoms with Gasteiger partial charge in [0.15, 0.2) is 0 Å². The van der Waals surface area contributed by atoms with Crippen LogP contribution in [0.1, 0.15) is 19.3 Å². The van der Waals surface area contributed by atoms with Crippen molar-refractivity contribution >= 4 is 0 Å². The Balaban J connectivity index is 2.32.